The van der Waals surface area contributed by atoms with Gasteiger partial charge in [-0.2, -0.15) is 0 Å². The van der Waals surface area contributed by atoms with E-state index in [0.717, 1.165) is 13.1 Å². The van der Waals surface area contributed by atoms with E-state index >= 15 is 0 Å². The van der Waals surface area contributed by atoms with Crippen LogP contribution >= 0.6 is 0 Å². The smallest absolute Gasteiger partial charge is 0.182 e. The minimum absolute atomic E-state index is 0.630. The van der Waals surface area contributed by atoms with Crippen LogP contribution in [0.15, 0.2) is 0 Å². The Hall–Kier alpha value is -0.0151. The fourth-order valence-electron chi connectivity index (χ4n) is 2.57. The van der Waals surface area contributed by atoms with Crippen LogP contribution in [0.3, 0.4) is 0 Å². The minimum atomic E-state index is 0.630. The van der Waals surface area contributed by atoms with Crippen molar-refractivity contribution in [3.63, 3.8) is 0 Å². The van der Waals surface area contributed by atoms with Gasteiger partial charge in [-0.25, -0.2) is 0 Å². The maximum Gasteiger partial charge on any atom is 0.182 e. The summed E-state index contributed by atoms with van der Waals surface area (Å²) in [5.41, 5.74) is 0.630. The molecule has 0 aromatic carbocycles. The van der Waals surface area contributed by atoms with Crippen molar-refractivity contribution in [2.45, 2.75) is 19.3 Å². The van der Waals surface area contributed by atoms with E-state index in [2.05, 4.69) is 11.9 Å². The van der Waals surface area contributed by atoms with Gasteiger partial charge in [0.1, 0.15) is 0 Å². The molecule has 2 saturated heterocycles. The van der Waals surface area contributed by atoms with Gasteiger partial charge in [0.2, 0.25) is 0 Å². The topological polar surface area (TPSA) is 6.48 Å². The average molecular weight is 164 g/mol. The summed E-state index contributed by atoms with van der Waals surface area (Å²) in [7, 11) is 7.97. The molecule has 0 amide bonds. The van der Waals surface area contributed by atoms with Gasteiger partial charge in [0.05, 0.1) is 0 Å². The Bertz CT molecular complexity index is 164. The van der Waals surface area contributed by atoms with Gasteiger partial charge in [0, 0.05) is 6.54 Å². The second-order valence-corrected chi connectivity index (χ2v) is 4.52. The summed E-state index contributed by atoms with van der Waals surface area (Å²) in [6.45, 7) is 4.76. The molecule has 12 heavy (non-hydrogen) atoms. The Balaban J connectivity index is 1.95. The lowest BCUT2D eigenvalue weighted by Crippen LogP contribution is -2.39. The molecular formula is C9H17BN2. The molecule has 0 atom stereocenters. The number of likely N-dealkylation sites (tertiary alicyclic amines) is 1. The molecule has 2 nitrogen and oxygen atoms in total. The molecule has 0 aliphatic carbocycles. The van der Waals surface area contributed by atoms with Crippen LogP contribution in [0.5, 0.6) is 0 Å². The van der Waals surface area contributed by atoms with Crippen LogP contribution in [-0.2, 0) is 0 Å². The third kappa shape index (κ3) is 1.53. The van der Waals surface area contributed by atoms with Crippen LogP contribution in [-0.4, -0.2) is 50.9 Å². The van der Waals surface area contributed by atoms with Gasteiger partial charge in [-0.15, -0.1) is 0 Å². The predicted octanol–water partition coefficient (Wildman–Crippen LogP) is 0.488. The predicted molar refractivity (Wildman–Crippen MR) is 51.1 cm³/mol. The van der Waals surface area contributed by atoms with Crippen LogP contribution in [0, 0.1) is 5.41 Å². The highest BCUT2D eigenvalue weighted by molar-refractivity contribution is 6.04. The minimum Gasteiger partial charge on any atom is -0.353 e. The lowest BCUT2D eigenvalue weighted by Gasteiger charge is -2.38. The largest absolute Gasteiger partial charge is 0.353 e. The van der Waals surface area contributed by atoms with Crippen molar-refractivity contribution >= 4 is 7.98 Å². The highest BCUT2D eigenvalue weighted by Gasteiger charge is 2.38. The monoisotopic (exact) mass is 164 g/mol. The molecule has 0 bridgehead atoms. The van der Waals surface area contributed by atoms with Gasteiger partial charge in [0.25, 0.3) is 0 Å². The van der Waals surface area contributed by atoms with E-state index in [4.69, 9.17) is 7.98 Å². The lowest BCUT2D eigenvalue weighted by molar-refractivity contribution is 0.163. The molecule has 0 N–H and O–H groups in total. The second kappa shape index (κ2) is 3.04. The van der Waals surface area contributed by atoms with Crippen molar-refractivity contribution < 1.29 is 0 Å². The van der Waals surface area contributed by atoms with Crippen molar-refractivity contribution in [3.05, 3.63) is 0 Å². The Morgan fingerprint density at radius 3 is 2.17 bits per heavy atom. The quantitative estimate of drug-likeness (QED) is 0.480. The lowest BCUT2D eigenvalue weighted by atomic mass is 9.77. The first-order valence-corrected chi connectivity index (χ1v) is 4.88. The molecule has 0 aromatic rings. The first kappa shape index (κ1) is 8.58. The summed E-state index contributed by atoms with van der Waals surface area (Å²) in [6, 6.07) is 0. The van der Waals surface area contributed by atoms with E-state index in [1.807, 2.05) is 4.81 Å². The molecule has 2 fully saturated rings. The number of hydrogen-bond acceptors (Lipinski definition) is 2. The highest BCUT2D eigenvalue weighted by Crippen LogP contribution is 2.39. The Labute approximate surface area is 76.3 Å². The number of hydrogen-bond donors (Lipinski definition) is 0. The molecule has 2 heterocycles. The fraction of sp³-hybridized carbons (Fsp3) is 1.00. The van der Waals surface area contributed by atoms with Gasteiger partial charge < -0.3 is 9.71 Å². The van der Waals surface area contributed by atoms with Crippen molar-refractivity contribution in [1.29, 1.82) is 0 Å². The molecule has 0 unspecified atom stereocenters. The van der Waals surface area contributed by atoms with E-state index in [1.165, 1.54) is 32.4 Å². The van der Waals surface area contributed by atoms with E-state index < -0.39 is 0 Å². The van der Waals surface area contributed by atoms with Crippen molar-refractivity contribution in [1.82, 2.24) is 9.71 Å². The van der Waals surface area contributed by atoms with Crippen molar-refractivity contribution in [2.75, 3.05) is 33.2 Å². The van der Waals surface area contributed by atoms with Crippen LogP contribution in [0.25, 0.3) is 0 Å². The van der Waals surface area contributed by atoms with Crippen LogP contribution in [0.1, 0.15) is 19.3 Å². The van der Waals surface area contributed by atoms with E-state index in [-0.39, 0.29) is 0 Å². The maximum atomic E-state index is 5.74. The zero-order chi connectivity index (χ0) is 8.60. The summed E-state index contributed by atoms with van der Waals surface area (Å²) in [5.74, 6) is 0. The zero-order valence-corrected chi connectivity index (χ0v) is 7.92. The van der Waals surface area contributed by atoms with Crippen LogP contribution in [0.2, 0.25) is 0 Å². The molecule has 2 aliphatic rings. The summed E-state index contributed by atoms with van der Waals surface area (Å²) in [5, 5.41) is 0. The summed E-state index contributed by atoms with van der Waals surface area (Å²) in [6.07, 6.45) is 3.99. The second-order valence-electron chi connectivity index (χ2n) is 4.52. The number of rotatable bonds is 0. The zero-order valence-electron chi connectivity index (χ0n) is 7.92. The fourth-order valence-corrected chi connectivity index (χ4v) is 2.57. The standard InChI is InChI=1S/C9H17BN2/c1-11-5-2-9(8-11)3-6-12(10)7-4-9/h2-8H2,1H3. The van der Waals surface area contributed by atoms with E-state index in [1.54, 1.807) is 0 Å². The summed E-state index contributed by atoms with van der Waals surface area (Å²) < 4.78 is 0. The first-order chi connectivity index (χ1) is 5.70. The SMILES string of the molecule is [B]N1CCC2(CC1)CCN(C)C2. The van der Waals surface area contributed by atoms with Gasteiger partial charge in [0.15, 0.2) is 7.98 Å². The molecule has 1 spiro atoms. The van der Waals surface area contributed by atoms with Gasteiger partial charge in [-0.3, -0.25) is 0 Å². The molecule has 2 aliphatic heterocycles. The number of nitrogens with zero attached hydrogens (tertiary/aromatic N) is 2. The Kier molecular flexibility index (Phi) is 2.17. The molecular weight excluding hydrogens is 147 g/mol. The molecule has 0 aromatic heterocycles. The normalized spacial score (nSPS) is 31.4. The highest BCUT2D eigenvalue weighted by atomic mass is 15.1. The number of piperidine rings is 1. The molecule has 2 rings (SSSR count). The molecule has 66 valence electrons. The van der Waals surface area contributed by atoms with Gasteiger partial charge in [-0.1, -0.05) is 0 Å². The molecule has 3 heteroatoms. The van der Waals surface area contributed by atoms with E-state index in [0.29, 0.717) is 5.41 Å². The summed E-state index contributed by atoms with van der Waals surface area (Å²) in [4.78, 5) is 4.41. The first-order valence-electron chi connectivity index (χ1n) is 4.88. The molecule has 2 radical (unpaired) electrons. The van der Waals surface area contributed by atoms with Gasteiger partial charge >= 0.3 is 0 Å². The Morgan fingerprint density at radius 2 is 1.67 bits per heavy atom. The third-order valence-corrected chi connectivity index (χ3v) is 3.49. The van der Waals surface area contributed by atoms with Crippen LogP contribution < -0.4 is 0 Å². The molecule has 0 saturated carbocycles. The van der Waals surface area contributed by atoms with Gasteiger partial charge in [-0.05, 0) is 51.4 Å². The van der Waals surface area contributed by atoms with Crippen molar-refractivity contribution in [2.24, 2.45) is 5.41 Å². The van der Waals surface area contributed by atoms with Crippen molar-refractivity contribution in [3.8, 4) is 0 Å². The third-order valence-electron chi connectivity index (χ3n) is 3.49. The van der Waals surface area contributed by atoms with E-state index in [9.17, 15) is 0 Å². The van der Waals surface area contributed by atoms with Crippen LogP contribution in [0.4, 0.5) is 0 Å². The Morgan fingerprint density at radius 1 is 1.08 bits per heavy atom. The summed E-state index contributed by atoms with van der Waals surface area (Å²) >= 11 is 0. The maximum absolute atomic E-state index is 5.74. The average Bonchev–Trinajstić information content (AvgIpc) is 2.40.